The molecule has 64 heavy (non-hydrogen) atoms. The normalized spacial score (nSPS) is 12.0. The van der Waals surface area contributed by atoms with Gasteiger partial charge >= 0.3 is 17.9 Å². The molecule has 0 rings (SSSR count). The Morgan fingerprint density at radius 1 is 0.297 bits per heavy atom. The van der Waals surface area contributed by atoms with Crippen LogP contribution >= 0.6 is 0 Å². The fraction of sp³-hybridized carbons (Fsp3) is 0.914. The van der Waals surface area contributed by atoms with E-state index in [1.54, 1.807) is 0 Å². The van der Waals surface area contributed by atoms with Gasteiger partial charge in [0.25, 0.3) is 0 Å². The van der Waals surface area contributed by atoms with Gasteiger partial charge in [-0.2, -0.15) is 0 Å². The standard InChI is InChI=1S/C58H110O6/c1-4-7-10-13-16-19-22-25-27-28-29-31-33-36-39-42-45-48-51-57(60)63-54-55(53-62-56(59)50-47-44-41-38-35-32-24-21-18-15-12-9-6-3)64-58(61)52-49-46-43-40-37-34-30-26-23-20-17-14-11-8-5-2/h21,24,55H,4-20,22-23,25-54H2,1-3H3/b24-21-. The van der Waals surface area contributed by atoms with Gasteiger partial charge in [-0.25, -0.2) is 0 Å². The van der Waals surface area contributed by atoms with Gasteiger partial charge in [-0.3, -0.25) is 14.4 Å². The molecule has 0 aromatic heterocycles. The Kier molecular flexibility index (Phi) is 52.2. The molecule has 0 aromatic rings. The highest BCUT2D eigenvalue weighted by molar-refractivity contribution is 5.71. The fourth-order valence-electron chi connectivity index (χ4n) is 8.68. The monoisotopic (exact) mass is 903 g/mol. The lowest BCUT2D eigenvalue weighted by molar-refractivity contribution is -0.167. The van der Waals surface area contributed by atoms with Crippen molar-refractivity contribution in [3.8, 4) is 0 Å². The molecule has 378 valence electrons. The molecule has 1 atom stereocenters. The third-order valence-corrected chi connectivity index (χ3v) is 13.0. The van der Waals surface area contributed by atoms with Crippen molar-refractivity contribution in [3.05, 3.63) is 12.2 Å². The van der Waals surface area contributed by atoms with Crippen molar-refractivity contribution in [2.45, 2.75) is 329 Å². The summed E-state index contributed by atoms with van der Waals surface area (Å²) >= 11 is 0. The van der Waals surface area contributed by atoms with Crippen molar-refractivity contribution in [1.82, 2.24) is 0 Å². The lowest BCUT2D eigenvalue weighted by Crippen LogP contribution is -2.30. The van der Waals surface area contributed by atoms with Gasteiger partial charge in [-0.05, 0) is 44.9 Å². The van der Waals surface area contributed by atoms with E-state index in [0.717, 1.165) is 64.2 Å². The van der Waals surface area contributed by atoms with Crippen LogP contribution in [0.25, 0.3) is 0 Å². The molecule has 0 fully saturated rings. The predicted octanol–water partition coefficient (Wildman–Crippen LogP) is 18.9. The van der Waals surface area contributed by atoms with Crippen LogP contribution in [0, 0.1) is 0 Å². The molecule has 0 aliphatic rings. The van der Waals surface area contributed by atoms with Crippen LogP contribution in [-0.2, 0) is 28.6 Å². The molecule has 0 amide bonds. The minimum atomic E-state index is -0.767. The highest BCUT2D eigenvalue weighted by Crippen LogP contribution is 2.17. The number of rotatable bonds is 53. The van der Waals surface area contributed by atoms with Crippen LogP contribution < -0.4 is 0 Å². The molecule has 6 heteroatoms. The number of esters is 3. The van der Waals surface area contributed by atoms with Crippen molar-refractivity contribution in [1.29, 1.82) is 0 Å². The average Bonchev–Trinajstić information content (AvgIpc) is 3.29. The second kappa shape index (κ2) is 53.8. The number of hydrogen-bond acceptors (Lipinski definition) is 6. The summed E-state index contributed by atoms with van der Waals surface area (Å²) in [6.07, 6.45) is 60.6. The second-order valence-corrected chi connectivity index (χ2v) is 19.6. The van der Waals surface area contributed by atoms with Crippen LogP contribution in [0.1, 0.15) is 323 Å². The lowest BCUT2D eigenvalue weighted by Gasteiger charge is -2.18. The average molecular weight is 904 g/mol. The lowest BCUT2D eigenvalue weighted by atomic mass is 10.0. The van der Waals surface area contributed by atoms with E-state index in [1.807, 2.05) is 0 Å². The Hall–Kier alpha value is -1.85. The van der Waals surface area contributed by atoms with Crippen molar-refractivity contribution < 1.29 is 28.6 Å². The molecule has 0 N–H and O–H groups in total. The predicted molar refractivity (Wildman–Crippen MR) is 275 cm³/mol. The maximum atomic E-state index is 12.8. The molecule has 0 saturated carbocycles. The molecule has 0 radical (unpaired) electrons. The van der Waals surface area contributed by atoms with Crippen LogP contribution in [0.15, 0.2) is 12.2 Å². The zero-order chi connectivity index (χ0) is 46.5. The zero-order valence-electron chi connectivity index (χ0n) is 43.3. The van der Waals surface area contributed by atoms with E-state index in [9.17, 15) is 14.4 Å². The molecular formula is C58H110O6. The van der Waals surface area contributed by atoms with Gasteiger partial charge in [0.1, 0.15) is 13.2 Å². The van der Waals surface area contributed by atoms with Crippen molar-refractivity contribution in [3.63, 3.8) is 0 Å². The van der Waals surface area contributed by atoms with E-state index < -0.39 is 6.10 Å². The summed E-state index contributed by atoms with van der Waals surface area (Å²) in [7, 11) is 0. The minimum Gasteiger partial charge on any atom is -0.462 e. The summed E-state index contributed by atoms with van der Waals surface area (Å²) in [6.45, 7) is 6.67. The second-order valence-electron chi connectivity index (χ2n) is 19.6. The van der Waals surface area contributed by atoms with Crippen molar-refractivity contribution in [2.24, 2.45) is 0 Å². The molecule has 6 nitrogen and oxygen atoms in total. The van der Waals surface area contributed by atoms with Gasteiger partial charge in [0.15, 0.2) is 6.10 Å². The van der Waals surface area contributed by atoms with Crippen molar-refractivity contribution >= 4 is 17.9 Å². The Bertz CT molecular complexity index is 993. The molecule has 1 unspecified atom stereocenters. The molecule has 0 saturated heterocycles. The zero-order valence-corrected chi connectivity index (χ0v) is 43.3. The third kappa shape index (κ3) is 51.1. The van der Waals surface area contributed by atoms with E-state index in [1.165, 1.54) is 218 Å². The van der Waals surface area contributed by atoms with E-state index in [0.29, 0.717) is 19.3 Å². The molecule has 0 aliphatic heterocycles. The number of unbranched alkanes of at least 4 members (excludes halogenated alkanes) is 40. The van der Waals surface area contributed by atoms with Gasteiger partial charge in [-0.1, -0.05) is 270 Å². The van der Waals surface area contributed by atoms with E-state index in [-0.39, 0.29) is 31.1 Å². The van der Waals surface area contributed by atoms with E-state index in [4.69, 9.17) is 14.2 Å². The quantitative estimate of drug-likeness (QED) is 0.0262. The SMILES string of the molecule is CCCCCC/C=C\CCCCCCCC(=O)OCC(COC(=O)CCCCCCCCCCCCCCCCCCCC)OC(=O)CCCCCCCCCCCCCCCCC. The highest BCUT2D eigenvalue weighted by atomic mass is 16.6. The topological polar surface area (TPSA) is 78.9 Å². The first-order valence-electron chi connectivity index (χ1n) is 28.7. The molecular weight excluding hydrogens is 793 g/mol. The summed E-state index contributed by atoms with van der Waals surface area (Å²) in [4.78, 5) is 38.1. The maximum Gasteiger partial charge on any atom is 0.306 e. The summed E-state index contributed by atoms with van der Waals surface area (Å²) in [5, 5.41) is 0. The highest BCUT2D eigenvalue weighted by Gasteiger charge is 2.19. The van der Waals surface area contributed by atoms with Crippen LogP contribution in [0.5, 0.6) is 0 Å². The van der Waals surface area contributed by atoms with Gasteiger partial charge < -0.3 is 14.2 Å². The molecule has 0 aliphatic carbocycles. The first kappa shape index (κ1) is 62.1. The van der Waals surface area contributed by atoms with Gasteiger partial charge in [0.05, 0.1) is 0 Å². The van der Waals surface area contributed by atoms with E-state index >= 15 is 0 Å². The summed E-state index contributed by atoms with van der Waals surface area (Å²) in [5.74, 6) is -0.852. The van der Waals surface area contributed by atoms with Gasteiger partial charge in [0.2, 0.25) is 0 Å². The van der Waals surface area contributed by atoms with Crippen molar-refractivity contribution in [2.75, 3.05) is 13.2 Å². The van der Waals surface area contributed by atoms with Crippen LogP contribution in [0.2, 0.25) is 0 Å². The molecule has 0 aromatic carbocycles. The largest absolute Gasteiger partial charge is 0.462 e. The number of carbonyl (C=O) groups is 3. The van der Waals surface area contributed by atoms with Gasteiger partial charge in [0, 0.05) is 19.3 Å². The number of carbonyl (C=O) groups excluding carboxylic acids is 3. The Balaban J connectivity index is 4.30. The first-order chi connectivity index (χ1) is 31.5. The van der Waals surface area contributed by atoms with Crippen LogP contribution in [0.4, 0.5) is 0 Å². The number of ether oxygens (including phenoxy) is 3. The molecule has 0 heterocycles. The maximum absolute atomic E-state index is 12.8. The van der Waals surface area contributed by atoms with E-state index in [2.05, 4.69) is 32.9 Å². The number of hydrogen-bond donors (Lipinski definition) is 0. The van der Waals surface area contributed by atoms with Crippen LogP contribution in [-0.4, -0.2) is 37.2 Å². The summed E-state index contributed by atoms with van der Waals surface area (Å²) in [6, 6.07) is 0. The Labute approximate surface area is 399 Å². The number of allylic oxidation sites excluding steroid dienone is 2. The Morgan fingerprint density at radius 2 is 0.516 bits per heavy atom. The third-order valence-electron chi connectivity index (χ3n) is 13.0. The molecule has 0 spiro atoms. The smallest absolute Gasteiger partial charge is 0.306 e. The van der Waals surface area contributed by atoms with Crippen LogP contribution in [0.3, 0.4) is 0 Å². The molecule has 0 bridgehead atoms. The summed E-state index contributed by atoms with van der Waals surface area (Å²) in [5.41, 5.74) is 0. The summed E-state index contributed by atoms with van der Waals surface area (Å²) < 4.78 is 16.9. The van der Waals surface area contributed by atoms with Gasteiger partial charge in [-0.15, -0.1) is 0 Å². The first-order valence-corrected chi connectivity index (χ1v) is 28.7. The Morgan fingerprint density at radius 3 is 0.797 bits per heavy atom. The minimum absolute atomic E-state index is 0.0665. The fourth-order valence-corrected chi connectivity index (χ4v) is 8.68.